The third kappa shape index (κ3) is 1.69. The molecular weight excluding hydrogens is 316 g/mol. The molecule has 0 fully saturated rings. The van der Waals surface area contributed by atoms with Crippen LogP contribution < -0.4 is 0 Å². The molecule has 0 bridgehead atoms. The second kappa shape index (κ2) is 3.74. The zero-order valence-corrected chi connectivity index (χ0v) is 9.96. The normalized spacial score (nSPS) is 10.4. The van der Waals surface area contributed by atoms with Gasteiger partial charge in [0.25, 0.3) is 5.78 Å². The smallest absolute Gasteiger partial charge is 0.264 e. The Morgan fingerprint density at radius 1 is 1.21 bits per heavy atom. The Morgan fingerprint density at radius 3 is 2.50 bits per heavy atom. The highest BCUT2D eigenvalue weighted by Gasteiger charge is 2.19. The summed E-state index contributed by atoms with van der Waals surface area (Å²) < 4.78 is 11.3. The Kier molecular flexibility index (Phi) is 2.60. The first-order chi connectivity index (χ1) is 6.68. The standard InChI is InChI=1S/C9H4Br2O3/c10-5-3-4-13-9(5)8(12)6-1-2-7(11)14-6/h1-4H. The average molecular weight is 320 g/mol. The fourth-order valence-corrected chi connectivity index (χ4v) is 1.69. The molecule has 0 spiro atoms. The van der Waals surface area contributed by atoms with Crippen molar-refractivity contribution in [3.05, 3.63) is 45.1 Å². The molecule has 0 saturated heterocycles. The van der Waals surface area contributed by atoms with E-state index in [4.69, 9.17) is 8.83 Å². The molecule has 0 aliphatic rings. The molecule has 2 aromatic rings. The van der Waals surface area contributed by atoms with E-state index in [9.17, 15) is 4.79 Å². The quantitative estimate of drug-likeness (QED) is 0.794. The van der Waals surface area contributed by atoms with Crippen LogP contribution in [-0.2, 0) is 0 Å². The molecule has 0 radical (unpaired) electrons. The van der Waals surface area contributed by atoms with Crippen LogP contribution in [0.2, 0.25) is 0 Å². The number of hydrogen-bond acceptors (Lipinski definition) is 3. The van der Waals surface area contributed by atoms with Crippen LogP contribution in [0, 0.1) is 0 Å². The molecule has 2 aromatic heterocycles. The summed E-state index contributed by atoms with van der Waals surface area (Å²) in [5, 5.41) is 0. The van der Waals surface area contributed by atoms with Crippen LogP contribution in [0.1, 0.15) is 16.3 Å². The minimum Gasteiger partial charge on any atom is -0.459 e. The van der Waals surface area contributed by atoms with Crippen molar-refractivity contribution in [1.82, 2.24) is 0 Å². The Balaban J connectivity index is 2.38. The molecule has 3 nitrogen and oxygen atoms in total. The SMILES string of the molecule is O=C(c1ccc(Br)o1)c1occc1Br. The largest absolute Gasteiger partial charge is 0.459 e. The lowest BCUT2D eigenvalue weighted by molar-refractivity contribution is 0.0981. The highest BCUT2D eigenvalue weighted by Crippen LogP contribution is 2.23. The number of ketones is 1. The maximum atomic E-state index is 11.7. The van der Waals surface area contributed by atoms with Crippen LogP contribution in [0.15, 0.2) is 42.4 Å². The monoisotopic (exact) mass is 318 g/mol. The molecule has 0 saturated carbocycles. The first kappa shape index (κ1) is 9.73. The van der Waals surface area contributed by atoms with E-state index in [0.29, 0.717) is 9.14 Å². The second-order valence-electron chi connectivity index (χ2n) is 2.53. The number of halogens is 2. The van der Waals surface area contributed by atoms with Gasteiger partial charge in [-0.25, -0.2) is 0 Å². The molecule has 0 N–H and O–H groups in total. The van der Waals surface area contributed by atoms with Crippen molar-refractivity contribution in [3.8, 4) is 0 Å². The van der Waals surface area contributed by atoms with Crippen LogP contribution in [0.5, 0.6) is 0 Å². The average Bonchev–Trinajstić information content (AvgIpc) is 2.73. The minimum atomic E-state index is -0.285. The van der Waals surface area contributed by atoms with Crippen LogP contribution in [0.4, 0.5) is 0 Å². The number of rotatable bonds is 2. The third-order valence-corrected chi connectivity index (χ3v) is 2.67. The van der Waals surface area contributed by atoms with E-state index in [1.807, 2.05) is 0 Å². The predicted molar refractivity (Wildman–Crippen MR) is 56.2 cm³/mol. The van der Waals surface area contributed by atoms with E-state index in [0.717, 1.165) is 0 Å². The van der Waals surface area contributed by atoms with Crippen molar-refractivity contribution in [3.63, 3.8) is 0 Å². The van der Waals surface area contributed by atoms with Gasteiger partial charge in [-0.05, 0) is 50.1 Å². The Bertz CT molecular complexity index is 470. The summed E-state index contributed by atoms with van der Waals surface area (Å²) >= 11 is 6.32. The topological polar surface area (TPSA) is 43.4 Å². The van der Waals surface area contributed by atoms with Crippen molar-refractivity contribution in [2.75, 3.05) is 0 Å². The van der Waals surface area contributed by atoms with E-state index in [2.05, 4.69) is 31.9 Å². The summed E-state index contributed by atoms with van der Waals surface area (Å²) in [4.78, 5) is 11.7. The molecule has 0 amide bonds. The number of hydrogen-bond donors (Lipinski definition) is 0. The molecule has 2 rings (SSSR count). The van der Waals surface area contributed by atoms with Crippen LogP contribution >= 0.6 is 31.9 Å². The van der Waals surface area contributed by atoms with E-state index in [1.54, 1.807) is 18.2 Å². The highest BCUT2D eigenvalue weighted by molar-refractivity contribution is 9.10. The van der Waals surface area contributed by atoms with Gasteiger partial charge in [-0.3, -0.25) is 4.79 Å². The Morgan fingerprint density at radius 2 is 2.00 bits per heavy atom. The maximum Gasteiger partial charge on any atom is 0.264 e. The first-order valence-electron chi connectivity index (χ1n) is 3.71. The van der Waals surface area contributed by atoms with Crippen molar-refractivity contribution in [2.24, 2.45) is 0 Å². The first-order valence-corrected chi connectivity index (χ1v) is 5.30. The molecular formula is C9H4Br2O3. The molecule has 0 unspecified atom stereocenters. The molecule has 14 heavy (non-hydrogen) atoms. The van der Waals surface area contributed by atoms with E-state index < -0.39 is 0 Å². The van der Waals surface area contributed by atoms with Gasteiger partial charge < -0.3 is 8.83 Å². The third-order valence-electron chi connectivity index (χ3n) is 1.62. The van der Waals surface area contributed by atoms with Crippen molar-refractivity contribution in [2.45, 2.75) is 0 Å². The summed E-state index contributed by atoms with van der Waals surface area (Å²) in [6.45, 7) is 0. The molecule has 5 heteroatoms. The van der Waals surface area contributed by atoms with Gasteiger partial charge in [0.15, 0.2) is 16.2 Å². The lowest BCUT2D eigenvalue weighted by Gasteiger charge is -1.92. The van der Waals surface area contributed by atoms with Crippen LogP contribution in [-0.4, -0.2) is 5.78 Å². The van der Waals surface area contributed by atoms with Gasteiger partial charge in [-0.1, -0.05) is 0 Å². The lowest BCUT2D eigenvalue weighted by Crippen LogP contribution is -1.97. The number of carbonyl (C=O) groups is 1. The molecule has 0 atom stereocenters. The van der Waals surface area contributed by atoms with E-state index in [-0.39, 0.29) is 17.3 Å². The summed E-state index contributed by atoms with van der Waals surface area (Å²) in [6.07, 6.45) is 1.44. The molecule has 0 aromatic carbocycles. The van der Waals surface area contributed by atoms with E-state index in [1.165, 1.54) is 6.26 Å². The summed E-state index contributed by atoms with van der Waals surface area (Å²) in [5.41, 5.74) is 0. The van der Waals surface area contributed by atoms with Crippen molar-refractivity contribution in [1.29, 1.82) is 0 Å². The van der Waals surface area contributed by atoms with Gasteiger partial charge in [0, 0.05) is 0 Å². The van der Waals surface area contributed by atoms with Crippen molar-refractivity contribution < 1.29 is 13.6 Å². The molecule has 0 aliphatic heterocycles. The van der Waals surface area contributed by atoms with Gasteiger partial charge in [-0.2, -0.15) is 0 Å². The fraction of sp³-hybridized carbons (Fsp3) is 0. The zero-order valence-electron chi connectivity index (χ0n) is 6.79. The highest BCUT2D eigenvalue weighted by atomic mass is 79.9. The summed E-state index contributed by atoms with van der Waals surface area (Å²) in [6, 6.07) is 4.90. The molecule has 0 aliphatic carbocycles. The minimum absolute atomic E-state index is 0.242. The van der Waals surface area contributed by atoms with Crippen LogP contribution in [0.3, 0.4) is 0 Å². The second-order valence-corrected chi connectivity index (χ2v) is 4.17. The van der Waals surface area contributed by atoms with Gasteiger partial charge in [0.05, 0.1) is 10.7 Å². The summed E-state index contributed by atoms with van der Waals surface area (Å²) in [7, 11) is 0. The van der Waals surface area contributed by atoms with Gasteiger partial charge in [-0.15, -0.1) is 0 Å². The fourth-order valence-electron chi connectivity index (χ4n) is 1.00. The lowest BCUT2D eigenvalue weighted by atomic mass is 10.2. The predicted octanol–water partition coefficient (Wildman–Crippen LogP) is 3.63. The number of carbonyl (C=O) groups excluding carboxylic acids is 1. The van der Waals surface area contributed by atoms with Crippen LogP contribution in [0.25, 0.3) is 0 Å². The zero-order chi connectivity index (χ0) is 10.1. The molecule has 72 valence electrons. The summed E-state index contributed by atoms with van der Waals surface area (Å²) in [5.74, 6) is 0.201. The Labute approximate surface area is 96.3 Å². The maximum absolute atomic E-state index is 11.7. The Hall–Kier alpha value is -0.810. The van der Waals surface area contributed by atoms with E-state index >= 15 is 0 Å². The number of furan rings is 2. The van der Waals surface area contributed by atoms with Gasteiger partial charge in [0.2, 0.25) is 0 Å². The molecule has 2 heterocycles. The van der Waals surface area contributed by atoms with Gasteiger partial charge >= 0.3 is 0 Å². The van der Waals surface area contributed by atoms with Crippen molar-refractivity contribution >= 4 is 37.6 Å². The van der Waals surface area contributed by atoms with Gasteiger partial charge in [0.1, 0.15) is 0 Å².